The zero-order valence-corrected chi connectivity index (χ0v) is 19.7. The van der Waals surface area contributed by atoms with E-state index >= 15 is 0 Å². The fourth-order valence-electron chi connectivity index (χ4n) is 4.04. The molecule has 0 saturated carbocycles. The van der Waals surface area contributed by atoms with E-state index in [1.807, 2.05) is 6.08 Å². The van der Waals surface area contributed by atoms with Crippen LogP contribution >= 0.6 is 22.6 Å². The molecule has 0 saturated heterocycles. The second-order valence-corrected chi connectivity index (χ2v) is 8.93. The molecule has 0 aliphatic carbocycles. The number of anilines is 3. The maximum Gasteiger partial charge on any atom is 0.0540 e. The molecule has 32 heavy (non-hydrogen) atoms. The second kappa shape index (κ2) is 9.01. The highest BCUT2D eigenvalue weighted by Crippen LogP contribution is 2.39. The van der Waals surface area contributed by atoms with Crippen molar-refractivity contribution in [2.45, 2.75) is 0 Å². The van der Waals surface area contributed by atoms with E-state index < -0.39 is 0 Å². The molecule has 154 valence electrons. The summed E-state index contributed by atoms with van der Waals surface area (Å²) in [7, 11) is 0. The molecule has 0 fully saturated rings. The Balaban J connectivity index is 1.64. The van der Waals surface area contributed by atoms with E-state index in [2.05, 4.69) is 149 Å². The average molecular weight is 523 g/mol. The molecular weight excluding hydrogens is 501 g/mol. The highest BCUT2D eigenvalue weighted by atomic mass is 127. The molecule has 0 radical (unpaired) electrons. The first-order valence-corrected chi connectivity index (χ1v) is 11.7. The molecule has 5 aromatic carbocycles. The van der Waals surface area contributed by atoms with Crippen molar-refractivity contribution < 1.29 is 0 Å². The first-order chi connectivity index (χ1) is 15.7. The van der Waals surface area contributed by atoms with Crippen molar-refractivity contribution in [3.63, 3.8) is 0 Å². The lowest BCUT2D eigenvalue weighted by Crippen LogP contribution is -2.10. The standard InChI is InChI=1S/C30H22IN/c1-2-22-10-18-27(19-11-22)32(30-9-5-7-25-6-3-4-8-29(25)30)28-20-14-24(15-21-28)23-12-16-26(31)17-13-23/h2-21H,1H2. The van der Waals surface area contributed by atoms with Crippen LogP contribution in [0.3, 0.4) is 0 Å². The number of halogens is 1. The van der Waals surface area contributed by atoms with Gasteiger partial charge in [0.25, 0.3) is 0 Å². The molecule has 0 aliphatic heterocycles. The monoisotopic (exact) mass is 523 g/mol. The van der Waals surface area contributed by atoms with E-state index in [1.165, 1.54) is 25.5 Å². The molecule has 5 rings (SSSR count). The second-order valence-electron chi connectivity index (χ2n) is 7.68. The summed E-state index contributed by atoms with van der Waals surface area (Å²) in [5.74, 6) is 0. The van der Waals surface area contributed by atoms with Crippen molar-refractivity contribution in [3.05, 3.63) is 131 Å². The van der Waals surface area contributed by atoms with Crippen LogP contribution in [-0.4, -0.2) is 0 Å². The Hall–Kier alpha value is -3.37. The zero-order chi connectivity index (χ0) is 21.9. The van der Waals surface area contributed by atoms with Gasteiger partial charge in [-0.15, -0.1) is 0 Å². The quantitative estimate of drug-likeness (QED) is 0.208. The van der Waals surface area contributed by atoms with Gasteiger partial charge in [-0.2, -0.15) is 0 Å². The summed E-state index contributed by atoms with van der Waals surface area (Å²) >= 11 is 2.34. The Morgan fingerprint density at radius 1 is 0.594 bits per heavy atom. The number of hydrogen-bond acceptors (Lipinski definition) is 1. The summed E-state index contributed by atoms with van der Waals surface area (Å²) < 4.78 is 1.24. The van der Waals surface area contributed by atoms with Crippen molar-refractivity contribution in [2.75, 3.05) is 4.90 Å². The average Bonchev–Trinajstić information content (AvgIpc) is 2.86. The Morgan fingerprint density at radius 2 is 1.16 bits per heavy atom. The molecule has 0 heterocycles. The molecule has 0 unspecified atom stereocenters. The van der Waals surface area contributed by atoms with Gasteiger partial charge in [0.05, 0.1) is 5.69 Å². The number of hydrogen-bond donors (Lipinski definition) is 0. The van der Waals surface area contributed by atoms with Gasteiger partial charge in [0.2, 0.25) is 0 Å². The third-order valence-corrected chi connectivity index (χ3v) is 6.42. The van der Waals surface area contributed by atoms with Crippen molar-refractivity contribution in [1.29, 1.82) is 0 Å². The van der Waals surface area contributed by atoms with E-state index in [-0.39, 0.29) is 0 Å². The fourth-order valence-corrected chi connectivity index (χ4v) is 4.39. The smallest absolute Gasteiger partial charge is 0.0540 e. The highest BCUT2D eigenvalue weighted by Gasteiger charge is 2.15. The first-order valence-electron chi connectivity index (χ1n) is 10.6. The van der Waals surface area contributed by atoms with E-state index in [1.54, 1.807) is 0 Å². The maximum atomic E-state index is 3.89. The van der Waals surface area contributed by atoms with Crippen LogP contribution in [0.15, 0.2) is 122 Å². The molecule has 1 nitrogen and oxygen atoms in total. The Bertz CT molecular complexity index is 1360. The van der Waals surface area contributed by atoms with Crippen molar-refractivity contribution in [2.24, 2.45) is 0 Å². The van der Waals surface area contributed by atoms with Gasteiger partial charge in [-0.3, -0.25) is 0 Å². The molecular formula is C30H22IN. The van der Waals surface area contributed by atoms with Gasteiger partial charge in [-0.05, 0) is 87.1 Å². The van der Waals surface area contributed by atoms with Gasteiger partial charge < -0.3 is 4.90 Å². The minimum Gasteiger partial charge on any atom is -0.310 e. The number of rotatable bonds is 5. The molecule has 0 spiro atoms. The summed E-state index contributed by atoms with van der Waals surface area (Å²) in [6.07, 6.45) is 1.88. The van der Waals surface area contributed by atoms with Gasteiger partial charge >= 0.3 is 0 Å². The highest BCUT2D eigenvalue weighted by molar-refractivity contribution is 14.1. The maximum absolute atomic E-state index is 3.89. The third kappa shape index (κ3) is 4.06. The lowest BCUT2D eigenvalue weighted by molar-refractivity contribution is 1.30. The van der Waals surface area contributed by atoms with E-state index in [0.29, 0.717) is 0 Å². The molecule has 0 aliphatic rings. The van der Waals surface area contributed by atoms with Crippen LogP contribution in [0, 0.1) is 3.57 Å². The molecule has 0 N–H and O–H groups in total. The lowest BCUT2D eigenvalue weighted by Gasteiger charge is -2.27. The van der Waals surface area contributed by atoms with Crippen LogP contribution in [0.5, 0.6) is 0 Å². The summed E-state index contributed by atoms with van der Waals surface area (Å²) in [6.45, 7) is 3.89. The number of nitrogens with zero attached hydrogens (tertiary/aromatic N) is 1. The molecule has 2 heteroatoms. The van der Waals surface area contributed by atoms with Crippen molar-refractivity contribution >= 4 is 56.5 Å². The van der Waals surface area contributed by atoms with Gasteiger partial charge in [0.1, 0.15) is 0 Å². The van der Waals surface area contributed by atoms with Crippen molar-refractivity contribution in [1.82, 2.24) is 0 Å². The van der Waals surface area contributed by atoms with E-state index in [4.69, 9.17) is 0 Å². The van der Waals surface area contributed by atoms with Crippen LogP contribution in [0.1, 0.15) is 5.56 Å². The summed E-state index contributed by atoms with van der Waals surface area (Å²) in [5, 5.41) is 2.46. The van der Waals surface area contributed by atoms with Crippen LogP contribution in [-0.2, 0) is 0 Å². The summed E-state index contributed by atoms with van der Waals surface area (Å²) in [5.41, 5.74) is 6.96. The van der Waals surface area contributed by atoms with Gasteiger partial charge in [0.15, 0.2) is 0 Å². The predicted molar refractivity (Wildman–Crippen MR) is 147 cm³/mol. The van der Waals surface area contributed by atoms with E-state index in [9.17, 15) is 0 Å². The largest absolute Gasteiger partial charge is 0.310 e. The molecule has 0 atom stereocenters. The molecule has 0 bridgehead atoms. The fraction of sp³-hybridized carbons (Fsp3) is 0. The predicted octanol–water partition coefficient (Wildman–Crippen LogP) is 9.22. The Kier molecular flexibility index (Phi) is 5.78. The lowest BCUT2D eigenvalue weighted by atomic mass is 10.0. The van der Waals surface area contributed by atoms with Crippen LogP contribution in [0.4, 0.5) is 17.1 Å². The first kappa shape index (κ1) is 20.5. The topological polar surface area (TPSA) is 3.24 Å². The van der Waals surface area contributed by atoms with Gasteiger partial charge in [-0.1, -0.05) is 85.5 Å². The number of fused-ring (bicyclic) bond motifs is 1. The summed E-state index contributed by atoms with van der Waals surface area (Å²) in [4.78, 5) is 2.33. The molecule has 0 amide bonds. The van der Waals surface area contributed by atoms with Gasteiger partial charge in [0, 0.05) is 20.3 Å². The Morgan fingerprint density at radius 3 is 1.81 bits per heavy atom. The Labute approximate surface area is 202 Å². The van der Waals surface area contributed by atoms with E-state index in [0.717, 1.165) is 22.6 Å². The SMILES string of the molecule is C=Cc1ccc(N(c2ccc(-c3ccc(I)cc3)cc2)c2cccc3ccccc23)cc1. The minimum atomic E-state index is 1.11. The summed E-state index contributed by atoms with van der Waals surface area (Å²) in [6, 6.07) is 41.0. The van der Waals surface area contributed by atoms with Crippen LogP contribution in [0.2, 0.25) is 0 Å². The van der Waals surface area contributed by atoms with Gasteiger partial charge in [-0.25, -0.2) is 0 Å². The molecule has 0 aromatic heterocycles. The third-order valence-electron chi connectivity index (χ3n) is 5.70. The van der Waals surface area contributed by atoms with Crippen LogP contribution < -0.4 is 4.90 Å². The minimum absolute atomic E-state index is 1.11. The number of benzene rings is 5. The molecule has 5 aromatic rings. The normalized spacial score (nSPS) is 10.8. The zero-order valence-electron chi connectivity index (χ0n) is 17.6. The van der Waals surface area contributed by atoms with Crippen molar-refractivity contribution in [3.8, 4) is 11.1 Å². The van der Waals surface area contributed by atoms with Crippen LogP contribution in [0.25, 0.3) is 28.0 Å².